The van der Waals surface area contributed by atoms with Gasteiger partial charge in [0.1, 0.15) is 11.4 Å². The third-order valence-electron chi connectivity index (χ3n) is 8.13. The number of anilines is 1. The summed E-state index contributed by atoms with van der Waals surface area (Å²) in [6, 6.07) is 5.33. The predicted molar refractivity (Wildman–Crippen MR) is 174 cm³/mol. The van der Waals surface area contributed by atoms with Gasteiger partial charge in [0.25, 0.3) is 0 Å². The molecule has 244 valence electrons. The minimum atomic E-state index is -0.473. The van der Waals surface area contributed by atoms with Crippen LogP contribution in [0.3, 0.4) is 0 Å². The Morgan fingerprint density at radius 1 is 0.977 bits per heavy atom. The van der Waals surface area contributed by atoms with E-state index in [0.717, 1.165) is 51.3 Å². The molecule has 2 fully saturated rings. The molecule has 11 nitrogen and oxygen atoms in total. The van der Waals surface area contributed by atoms with Crippen LogP contribution in [0, 0.1) is 11.8 Å². The van der Waals surface area contributed by atoms with E-state index < -0.39 is 5.60 Å². The first-order valence-electron chi connectivity index (χ1n) is 15.7. The lowest BCUT2D eigenvalue weighted by atomic mass is 9.96. The highest BCUT2D eigenvalue weighted by Gasteiger charge is 2.29. The van der Waals surface area contributed by atoms with Gasteiger partial charge in [0.05, 0.1) is 28.8 Å². The van der Waals surface area contributed by atoms with Crippen molar-refractivity contribution in [3.63, 3.8) is 0 Å². The molecule has 1 atom stereocenters. The zero-order valence-corrected chi connectivity index (χ0v) is 27.9. The molecule has 0 bridgehead atoms. The summed E-state index contributed by atoms with van der Waals surface area (Å²) in [7, 11) is 0. The smallest absolute Gasteiger partial charge is 0.410 e. The van der Waals surface area contributed by atoms with Crippen molar-refractivity contribution in [2.45, 2.75) is 59.0 Å². The van der Waals surface area contributed by atoms with Gasteiger partial charge < -0.3 is 20.3 Å². The second-order valence-corrected chi connectivity index (χ2v) is 13.9. The number of carbonyl (C=O) groups is 3. The van der Waals surface area contributed by atoms with Crippen LogP contribution in [-0.2, 0) is 14.3 Å². The molecule has 4 rings (SSSR count). The van der Waals surface area contributed by atoms with Gasteiger partial charge in [0.15, 0.2) is 0 Å². The maximum atomic E-state index is 12.5. The molecule has 44 heavy (non-hydrogen) atoms. The number of piperazine rings is 1. The summed E-state index contributed by atoms with van der Waals surface area (Å²) in [5.41, 5.74) is 0.344. The summed E-state index contributed by atoms with van der Waals surface area (Å²) in [6.45, 7) is 15.1. The van der Waals surface area contributed by atoms with E-state index in [2.05, 4.69) is 25.5 Å². The number of amidine groups is 1. The van der Waals surface area contributed by atoms with Gasteiger partial charge in [-0.2, -0.15) is 5.10 Å². The van der Waals surface area contributed by atoms with Crippen molar-refractivity contribution in [1.82, 2.24) is 25.3 Å². The first-order valence-corrected chi connectivity index (χ1v) is 16.4. The Hall–Kier alpha value is -2.60. The molecule has 3 amide bonds. The van der Waals surface area contributed by atoms with Crippen LogP contribution in [0.25, 0.3) is 0 Å². The molecule has 2 saturated heterocycles. The molecule has 3 aliphatic heterocycles. The van der Waals surface area contributed by atoms with E-state index in [1.807, 2.05) is 33.8 Å². The minimum Gasteiger partial charge on any atom is -0.444 e. The van der Waals surface area contributed by atoms with E-state index in [0.29, 0.717) is 67.4 Å². The number of piperidine rings is 1. The van der Waals surface area contributed by atoms with Crippen molar-refractivity contribution in [1.29, 1.82) is 0 Å². The predicted octanol–water partition coefficient (Wildman–Crippen LogP) is 4.04. The largest absolute Gasteiger partial charge is 0.444 e. The Morgan fingerprint density at radius 2 is 1.68 bits per heavy atom. The standard InChI is InChI=1S/C31H47Cl2N7O4/c1-22-19-40(24-7-8-25(32)26(33)18-24)36-29(22)35-27(41)6-5-11-34-28(42)21-37-12-9-23(10-13-37)20-38-14-16-39(17-15-38)30(43)44-31(2,3)4/h7-8,18,22-23H,5-6,9-17,19-21H2,1-4H3,(H,34,42)(H,35,36,41). The number of nitrogens with zero attached hydrogens (tertiary/aromatic N) is 5. The highest BCUT2D eigenvalue weighted by Crippen LogP contribution is 2.29. The Morgan fingerprint density at radius 3 is 2.34 bits per heavy atom. The van der Waals surface area contributed by atoms with Crippen molar-refractivity contribution in [3.8, 4) is 0 Å². The summed E-state index contributed by atoms with van der Waals surface area (Å²) in [5, 5.41) is 13.2. The maximum absolute atomic E-state index is 12.5. The average Bonchev–Trinajstić information content (AvgIpc) is 3.32. The van der Waals surface area contributed by atoms with Gasteiger partial charge in [0, 0.05) is 51.6 Å². The summed E-state index contributed by atoms with van der Waals surface area (Å²) < 4.78 is 5.50. The van der Waals surface area contributed by atoms with E-state index in [1.165, 1.54) is 0 Å². The molecule has 3 heterocycles. The SMILES string of the molecule is CC1CN(c2ccc(Cl)c(Cl)c2)N=C1NC(=O)CCCNC(=O)CN1CCC(CN2CCN(C(=O)OC(C)(C)C)CC2)CC1. The quantitative estimate of drug-likeness (QED) is 0.388. The fourth-order valence-corrected chi connectivity index (χ4v) is 5.94. The highest BCUT2D eigenvalue weighted by atomic mass is 35.5. The third-order valence-corrected chi connectivity index (χ3v) is 8.87. The summed E-state index contributed by atoms with van der Waals surface area (Å²) >= 11 is 12.2. The lowest BCUT2D eigenvalue weighted by Crippen LogP contribution is -2.51. The maximum Gasteiger partial charge on any atom is 0.410 e. The Kier molecular flexibility index (Phi) is 12.2. The first-order chi connectivity index (χ1) is 20.9. The number of likely N-dealkylation sites (tertiary alicyclic amines) is 1. The molecular formula is C31H47Cl2N7O4. The van der Waals surface area contributed by atoms with Crippen LogP contribution in [0.1, 0.15) is 53.4 Å². The molecule has 0 spiro atoms. The first kappa shape index (κ1) is 34.3. The lowest BCUT2D eigenvalue weighted by molar-refractivity contribution is -0.123. The van der Waals surface area contributed by atoms with Crippen LogP contribution in [0.2, 0.25) is 10.0 Å². The van der Waals surface area contributed by atoms with Crippen LogP contribution in [-0.4, -0.2) is 109 Å². The summed E-state index contributed by atoms with van der Waals surface area (Å²) in [6.07, 6.45) is 2.75. The van der Waals surface area contributed by atoms with E-state index in [9.17, 15) is 14.4 Å². The highest BCUT2D eigenvalue weighted by molar-refractivity contribution is 6.42. The summed E-state index contributed by atoms with van der Waals surface area (Å²) in [4.78, 5) is 43.8. The van der Waals surface area contributed by atoms with Gasteiger partial charge in [0.2, 0.25) is 11.8 Å². The van der Waals surface area contributed by atoms with E-state index in [-0.39, 0.29) is 23.8 Å². The zero-order valence-electron chi connectivity index (χ0n) is 26.4. The van der Waals surface area contributed by atoms with Crippen molar-refractivity contribution in [2.75, 3.05) is 70.5 Å². The number of hydrogen-bond acceptors (Lipinski definition) is 8. The molecule has 0 aliphatic carbocycles. The molecule has 0 radical (unpaired) electrons. The minimum absolute atomic E-state index is 0.00631. The molecule has 3 aliphatic rings. The van der Waals surface area contributed by atoms with Crippen molar-refractivity contribution >= 4 is 52.6 Å². The topological polar surface area (TPSA) is 110 Å². The number of halogens is 2. The van der Waals surface area contributed by atoms with Crippen molar-refractivity contribution in [3.05, 3.63) is 28.2 Å². The van der Waals surface area contributed by atoms with Crippen LogP contribution in [0.15, 0.2) is 23.3 Å². The number of benzene rings is 1. The number of ether oxygens (including phenoxy) is 1. The van der Waals surface area contributed by atoms with Crippen LogP contribution < -0.4 is 15.6 Å². The van der Waals surface area contributed by atoms with Crippen molar-refractivity contribution in [2.24, 2.45) is 16.9 Å². The number of amides is 3. The Balaban J connectivity index is 1.06. The normalized spacial score (nSPS) is 20.4. The van der Waals surface area contributed by atoms with Gasteiger partial charge in [-0.05, 0) is 77.2 Å². The van der Waals surface area contributed by atoms with E-state index in [1.54, 1.807) is 22.0 Å². The molecular weight excluding hydrogens is 605 g/mol. The molecule has 0 aromatic heterocycles. The van der Waals surface area contributed by atoms with Crippen LogP contribution >= 0.6 is 23.2 Å². The Bertz CT molecular complexity index is 1190. The third kappa shape index (κ3) is 10.5. The molecule has 0 saturated carbocycles. The van der Waals surface area contributed by atoms with Gasteiger partial charge >= 0.3 is 6.09 Å². The number of nitrogens with one attached hydrogen (secondary N) is 2. The number of carbonyl (C=O) groups excluding carboxylic acids is 3. The van der Waals surface area contributed by atoms with Crippen LogP contribution in [0.4, 0.5) is 10.5 Å². The lowest BCUT2D eigenvalue weighted by Gasteiger charge is -2.39. The zero-order chi connectivity index (χ0) is 31.9. The monoisotopic (exact) mass is 651 g/mol. The molecule has 1 aromatic rings. The Labute approximate surface area is 271 Å². The number of hydrogen-bond donors (Lipinski definition) is 2. The van der Waals surface area contributed by atoms with Gasteiger partial charge in [-0.1, -0.05) is 30.1 Å². The summed E-state index contributed by atoms with van der Waals surface area (Å²) in [5.74, 6) is 1.16. The fourth-order valence-electron chi connectivity index (χ4n) is 5.65. The van der Waals surface area contributed by atoms with Crippen LogP contribution in [0.5, 0.6) is 0 Å². The van der Waals surface area contributed by atoms with E-state index >= 15 is 0 Å². The fraction of sp³-hybridized carbons (Fsp3) is 0.677. The number of hydrazone groups is 1. The van der Waals surface area contributed by atoms with Gasteiger partial charge in [-0.15, -0.1) is 0 Å². The average molecular weight is 653 g/mol. The van der Waals surface area contributed by atoms with Gasteiger partial charge in [-0.25, -0.2) is 4.79 Å². The number of rotatable bonds is 9. The second kappa shape index (κ2) is 15.6. The molecule has 1 aromatic carbocycles. The molecule has 1 unspecified atom stereocenters. The molecule has 2 N–H and O–H groups in total. The van der Waals surface area contributed by atoms with E-state index in [4.69, 9.17) is 27.9 Å². The van der Waals surface area contributed by atoms with Crippen molar-refractivity contribution < 1.29 is 19.1 Å². The second-order valence-electron chi connectivity index (χ2n) is 13.1. The molecule has 13 heteroatoms. The van der Waals surface area contributed by atoms with Gasteiger partial charge in [-0.3, -0.25) is 24.4 Å².